The molecule has 2 bridgehead atoms. The standard InChI is InChI=1S/C27H28N2O4/c1-18-5-7-21(8-6-18)27(26(30)33-4)17-28-15-19-13-23(32-3)10-12-25(19)29(27)16-20-14-22(31-2)9-11-24(20)28/h5-14H,15-17H2,1-4H3. The number of benzene rings is 3. The first kappa shape index (κ1) is 21.2. The molecule has 3 aromatic rings. The summed E-state index contributed by atoms with van der Waals surface area (Å²) in [5, 5.41) is 0. The highest BCUT2D eigenvalue weighted by Crippen LogP contribution is 2.47. The topological polar surface area (TPSA) is 51.2 Å². The largest absolute Gasteiger partial charge is 0.497 e. The van der Waals surface area contributed by atoms with E-state index in [0.717, 1.165) is 45.1 Å². The summed E-state index contributed by atoms with van der Waals surface area (Å²) in [4.78, 5) is 18.2. The molecule has 6 heteroatoms. The van der Waals surface area contributed by atoms with Gasteiger partial charge in [-0.3, -0.25) is 0 Å². The second kappa shape index (κ2) is 8.03. The fourth-order valence-electron chi connectivity index (χ4n) is 5.13. The second-order valence-corrected chi connectivity index (χ2v) is 8.65. The van der Waals surface area contributed by atoms with Gasteiger partial charge in [0.1, 0.15) is 11.5 Å². The monoisotopic (exact) mass is 444 g/mol. The Labute approximate surface area is 194 Å². The molecule has 2 aliphatic heterocycles. The van der Waals surface area contributed by atoms with Gasteiger partial charge in [0.25, 0.3) is 0 Å². The first-order valence-electron chi connectivity index (χ1n) is 11.0. The molecule has 33 heavy (non-hydrogen) atoms. The summed E-state index contributed by atoms with van der Waals surface area (Å²) < 4.78 is 16.5. The van der Waals surface area contributed by atoms with Crippen molar-refractivity contribution >= 4 is 17.3 Å². The number of ether oxygens (including phenoxy) is 3. The zero-order valence-corrected chi connectivity index (χ0v) is 19.4. The molecule has 2 aliphatic rings. The summed E-state index contributed by atoms with van der Waals surface area (Å²) in [7, 11) is 4.81. The maximum Gasteiger partial charge on any atom is 0.338 e. The van der Waals surface area contributed by atoms with E-state index >= 15 is 0 Å². The molecule has 0 saturated heterocycles. The van der Waals surface area contributed by atoms with Crippen molar-refractivity contribution in [3.8, 4) is 11.5 Å². The average Bonchev–Trinajstić information content (AvgIpc) is 3.07. The van der Waals surface area contributed by atoms with Crippen LogP contribution >= 0.6 is 0 Å². The second-order valence-electron chi connectivity index (χ2n) is 8.65. The van der Waals surface area contributed by atoms with Crippen molar-refractivity contribution in [2.45, 2.75) is 25.6 Å². The molecule has 0 radical (unpaired) electrons. The highest BCUT2D eigenvalue weighted by molar-refractivity contribution is 5.90. The molecule has 0 N–H and O–H groups in total. The van der Waals surface area contributed by atoms with Crippen LogP contribution in [0.1, 0.15) is 22.3 Å². The van der Waals surface area contributed by atoms with E-state index in [1.165, 1.54) is 7.11 Å². The van der Waals surface area contributed by atoms with Crippen LogP contribution in [0.25, 0.3) is 0 Å². The number of rotatable bonds is 4. The molecule has 0 amide bonds. The Morgan fingerprint density at radius 3 is 2.03 bits per heavy atom. The Kier molecular flexibility index (Phi) is 5.16. The van der Waals surface area contributed by atoms with E-state index in [4.69, 9.17) is 14.2 Å². The van der Waals surface area contributed by atoms with Crippen molar-refractivity contribution in [2.24, 2.45) is 0 Å². The summed E-state index contributed by atoms with van der Waals surface area (Å²) in [5.74, 6) is 1.31. The van der Waals surface area contributed by atoms with Gasteiger partial charge in [0, 0.05) is 24.5 Å². The van der Waals surface area contributed by atoms with Gasteiger partial charge in [-0.2, -0.15) is 0 Å². The van der Waals surface area contributed by atoms with Crippen LogP contribution in [-0.4, -0.2) is 33.8 Å². The lowest BCUT2D eigenvalue weighted by Crippen LogP contribution is -2.56. The first-order chi connectivity index (χ1) is 16.0. The molecule has 0 fully saturated rings. The number of nitrogens with zero attached hydrogens (tertiary/aromatic N) is 2. The summed E-state index contributed by atoms with van der Waals surface area (Å²) in [6.07, 6.45) is 0. The molecule has 0 aliphatic carbocycles. The van der Waals surface area contributed by atoms with Gasteiger partial charge in [-0.1, -0.05) is 29.8 Å². The van der Waals surface area contributed by atoms with Gasteiger partial charge in [0.05, 0.1) is 27.9 Å². The Hall–Kier alpha value is -3.67. The number of carbonyl (C=O) groups is 1. The number of esters is 1. The van der Waals surface area contributed by atoms with Crippen LogP contribution in [0, 0.1) is 6.92 Å². The molecule has 3 aromatic carbocycles. The van der Waals surface area contributed by atoms with Crippen LogP contribution in [0.2, 0.25) is 0 Å². The SMILES string of the molecule is COC(=O)C1(c2ccc(C)cc2)CN2Cc3cc(OC)ccc3N1Cc1cc(OC)ccc12. The molecular weight excluding hydrogens is 416 g/mol. The molecular formula is C27H28N2O4. The van der Waals surface area contributed by atoms with Crippen LogP contribution in [0.15, 0.2) is 60.7 Å². The third kappa shape index (κ3) is 3.28. The maximum absolute atomic E-state index is 13.7. The number of hydrogen-bond acceptors (Lipinski definition) is 6. The number of aryl methyl sites for hydroxylation is 1. The van der Waals surface area contributed by atoms with Crippen LogP contribution in [0.3, 0.4) is 0 Å². The van der Waals surface area contributed by atoms with Crippen LogP contribution < -0.4 is 19.3 Å². The highest BCUT2D eigenvalue weighted by atomic mass is 16.5. The van der Waals surface area contributed by atoms with Crippen LogP contribution in [-0.2, 0) is 28.2 Å². The van der Waals surface area contributed by atoms with E-state index in [9.17, 15) is 4.79 Å². The van der Waals surface area contributed by atoms with E-state index in [1.807, 2.05) is 31.2 Å². The lowest BCUT2D eigenvalue weighted by molar-refractivity contribution is -0.147. The highest BCUT2D eigenvalue weighted by Gasteiger charge is 2.52. The fraction of sp³-hybridized carbons (Fsp3) is 0.296. The van der Waals surface area contributed by atoms with Gasteiger partial charge < -0.3 is 24.0 Å². The van der Waals surface area contributed by atoms with Crippen LogP contribution in [0.5, 0.6) is 11.5 Å². The summed E-state index contributed by atoms with van der Waals surface area (Å²) in [6.45, 7) is 3.69. The summed E-state index contributed by atoms with van der Waals surface area (Å²) >= 11 is 0. The Balaban J connectivity index is 1.80. The zero-order chi connectivity index (χ0) is 23.2. The van der Waals surface area contributed by atoms with Gasteiger partial charge in [0.2, 0.25) is 0 Å². The Morgan fingerprint density at radius 1 is 0.818 bits per heavy atom. The summed E-state index contributed by atoms with van der Waals surface area (Å²) in [5.41, 5.74) is 5.33. The smallest absolute Gasteiger partial charge is 0.338 e. The van der Waals surface area contributed by atoms with E-state index in [-0.39, 0.29) is 5.97 Å². The molecule has 0 spiro atoms. The van der Waals surface area contributed by atoms with Crippen molar-refractivity contribution in [3.63, 3.8) is 0 Å². The Morgan fingerprint density at radius 2 is 1.42 bits per heavy atom. The number of fused-ring (bicyclic) bond motifs is 7. The zero-order valence-electron chi connectivity index (χ0n) is 19.4. The van der Waals surface area contributed by atoms with E-state index in [0.29, 0.717) is 19.6 Å². The first-order valence-corrected chi connectivity index (χ1v) is 11.0. The normalized spacial score (nSPS) is 18.7. The minimum Gasteiger partial charge on any atom is -0.497 e. The van der Waals surface area contributed by atoms with Crippen molar-refractivity contribution in [2.75, 3.05) is 37.7 Å². The van der Waals surface area contributed by atoms with Gasteiger partial charge in [-0.25, -0.2) is 4.79 Å². The third-order valence-corrected chi connectivity index (χ3v) is 6.83. The van der Waals surface area contributed by atoms with Crippen molar-refractivity contribution in [1.29, 1.82) is 0 Å². The van der Waals surface area contributed by atoms with Crippen molar-refractivity contribution in [3.05, 3.63) is 82.9 Å². The molecule has 0 aromatic heterocycles. The quantitative estimate of drug-likeness (QED) is 0.556. The van der Waals surface area contributed by atoms with Crippen LogP contribution in [0.4, 0.5) is 11.4 Å². The number of carbonyl (C=O) groups excluding carboxylic acids is 1. The minimum absolute atomic E-state index is 0.278. The van der Waals surface area contributed by atoms with Gasteiger partial charge in [0.15, 0.2) is 5.54 Å². The molecule has 1 atom stereocenters. The van der Waals surface area contributed by atoms with Gasteiger partial charge >= 0.3 is 5.97 Å². The predicted molar refractivity (Wildman–Crippen MR) is 128 cm³/mol. The lowest BCUT2D eigenvalue weighted by atomic mass is 9.86. The predicted octanol–water partition coefficient (Wildman–Crippen LogP) is 4.42. The minimum atomic E-state index is -1.02. The number of anilines is 2. The van der Waals surface area contributed by atoms with E-state index in [1.54, 1.807) is 14.2 Å². The lowest BCUT2D eigenvalue weighted by Gasteiger charge is -2.42. The van der Waals surface area contributed by atoms with Gasteiger partial charge in [-0.15, -0.1) is 0 Å². The third-order valence-electron chi connectivity index (χ3n) is 6.83. The molecule has 1 unspecified atom stereocenters. The number of hydrogen-bond donors (Lipinski definition) is 0. The van der Waals surface area contributed by atoms with Crippen molar-refractivity contribution < 1.29 is 19.0 Å². The molecule has 170 valence electrons. The number of methoxy groups -OCH3 is 3. The Bertz CT molecular complexity index is 1210. The molecule has 5 rings (SSSR count). The van der Waals surface area contributed by atoms with E-state index < -0.39 is 5.54 Å². The summed E-state index contributed by atoms with van der Waals surface area (Å²) in [6, 6.07) is 20.4. The molecule has 2 heterocycles. The molecule has 0 saturated carbocycles. The maximum atomic E-state index is 13.7. The molecule has 6 nitrogen and oxygen atoms in total. The van der Waals surface area contributed by atoms with Crippen molar-refractivity contribution in [1.82, 2.24) is 0 Å². The average molecular weight is 445 g/mol. The van der Waals surface area contributed by atoms with E-state index in [2.05, 4.69) is 46.2 Å². The van der Waals surface area contributed by atoms with Gasteiger partial charge in [-0.05, 0) is 60.0 Å². The fourth-order valence-corrected chi connectivity index (χ4v) is 5.13.